The number of hydrogen-bond donors (Lipinski definition) is 4. The van der Waals surface area contributed by atoms with Gasteiger partial charge in [-0.15, -0.1) is 0 Å². The number of nitrogens with zero attached hydrogens (tertiary/aromatic N) is 1. The molecule has 1 aliphatic rings. The summed E-state index contributed by atoms with van der Waals surface area (Å²) in [5.74, 6) is -0.608. The summed E-state index contributed by atoms with van der Waals surface area (Å²) in [5, 5.41) is 27.2. The van der Waals surface area contributed by atoms with E-state index in [0.717, 1.165) is 17.7 Å². The third-order valence-corrected chi connectivity index (χ3v) is 8.57. The van der Waals surface area contributed by atoms with Gasteiger partial charge >= 0.3 is 12.3 Å². The molecule has 1 aliphatic heterocycles. The Morgan fingerprint density at radius 1 is 1.11 bits per heavy atom. The van der Waals surface area contributed by atoms with Crippen molar-refractivity contribution in [3.63, 3.8) is 0 Å². The van der Waals surface area contributed by atoms with Gasteiger partial charge in [-0.05, 0) is 80.3 Å². The van der Waals surface area contributed by atoms with Crippen LogP contribution in [0.3, 0.4) is 0 Å². The number of hydrogen-bond acceptors (Lipinski definition) is 5. The van der Waals surface area contributed by atoms with Crippen LogP contribution < -0.4 is 15.4 Å². The summed E-state index contributed by atoms with van der Waals surface area (Å²) >= 11 is 6.69. The minimum atomic E-state index is -4.64. The smallest absolute Gasteiger partial charge is 0.416 e. The summed E-state index contributed by atoms with van der Waals surface area (Å²) < 4.78 is 46.9. The number of carbonyl (C=O) groups is 2. The molecule has 4 rings (SSSR count). The summed E-state index contributed by atoms with van der Waals surface area (Å²) in [4.78, 5) is 26.4. The van der Waals surface area contributed by atoms with Crippen molar-refractivity contribution in [2.45, 2.75) is 44.0 Å². The lowest BCUT2D eigenvalue weighted by atomic mass is 9.72. The van der Waals surface area contributed by atoms with Crippen LogP contribution in [-0.4, -0.2) is 60.9 Å². The number of rotatable bonds is 11. The van der Waals surface area contributed by atoms with E-state index < -0.39 is 29.4 Å². The average molecular weight is 648 g/mol. The number of carboxylic acid groups (broad SMARTS) is 1. The Morgan fingerprint density at radius 2 is 1.84 bits per heavy atom. The number of alkyl halides is 3. The summed E-state index contributed by atoms with van der Waals surface area (Å²) in [6, 6.07) is 15.1. The lowest BCUT2D eigenvalue weighted by Crippen LogP contribution is -2.48. The van der Waals surface area contributed by atoms with Crippen molar-refractivity contribution in [3.8, 4) is 16.9 Å². The maximum atomic E-state index is 13.8. The molecule has 1 heterocycles. The quantitative estimate of drug-likeness (QED) is 0.176. The van der Waals surface area contributed by atoms with Gasteiger partial charge in [0.2, 0.25) is 0 Å². The van der Waals surface area contributed by atoms with E-state index >= 15 is 0 Å². The fourth-order valence-electron chi connectivity index (χ4n) is 6.05. The van der Waals surface area contributed by atoms with Crippen molar-refractivity contribution in [1.82, 2.24) is 15.5 Å². The summed E-state index contributed by atoms with van der Waals surface area (Å²) in [6.07, 6.45) is -4.51. The molecule has 2 amide bonds. The first-order valence-corrected chi connectivity index (χ1v) is 15.0. The molecular weight excluding hydrogens is 611 g/mol. The molecule has 1 fully saturated rings. The fraction of sp³-hybridized carbons (Fsp3) is 0.394. The van der Waals surface area contributed by atoms with Gasteiger partial charge in [-0.2, -0.15) is 13.2 Å². The number of methoxy groups -OCH3 is 1. The van der Waals surface area contributed by atoms with E-state index in [9.17, 15) is 27.9 Å². The lowest BCUT2D eigenvalue weighted by molar-refractivity contribution is -0.137. The number of amides is 2. The third-order valence-electron chi connectivity index (χ3n) is 8.25. The molecule has 0 aliphatic carbocycles. The molecule has 0 bridgehead atoms. The Hall–Kier alpha value is -3.80. The fourth-order valence-corrected chi connectivity index (χ4v) is 6.33. The number of nitrogens with one attached hydrogen (secondary N) is 2. The van der Waals surface area contributed by atoms with Crippen LogP contribution in [0.5, 0.6) is 5.75 Å². The first-order valence-electron chi connectivity index (χ1n) is 14.7. The molecule has 0 unspecified atom stereocenters. The summed E-state index contributed by atoms with van der Waals surface area (Å²) in [6.45, 7) is 1.33. The summed E-state index contributed by atoms with van der Waals surface area (Å²) in [5.41, 5.74) is -0.572. The van der Waals surface area contributed by atoms with Gasteiger partial charge in [-0.3, -0.25) is 4.79 Å². The molecule has 0 aromatic heterocycles. The maximum absolute atomic E-state index is 13.8. The Bertz CT molecular complexity index is 1500. The van der Waals surface area contributed by atoms with Gasteiger partial charge in [0.15, 0.2) is 0 Å². The zero-order valence-corrected chi connectivity index (χ0v) is 25.8. The molecule has 3 aromatic carbocycles. The highest BCUT2D eigenvalue weighted by Crippen LogP contribution is 2.48. The zero-order valence-electron chi connectivity index (χ0n) is 25.1. The van der Waals surface area contributed by atoms with Gasteiger partial charge in [0.25, 0.3) is 5.91 Å². The molecular formula is C33H37ClF3N3O5. The van der Waals surface area contributed by atoms with Gasteiger partial charge in [0.1, 0.15) is 5.75 Å². The standard InChI is InChI=1S/C33H37ClF3N3O5/c1-38-19-21-9-11-22(12-10-21)30(41)40-17-4-6-24(20-40)32(44,15-5-16-39-31(42)43)26-7-3-8-27(34)29(26)25-18-23(33(35,36)37)13-14-28(25)45-2/h3,7-14,18,24,38-39,44H,4-6,15-17,19-20H2,1-2H3,(H,42,43)/t24-,32+/m1/s1. The van der Waals surface area contributed by atoms with E-state index in [2.05, 4.69) is 10.6 Å². The number of ether oxygens (including phenoxy) is 1. The molecule has 8 nitrogen and oxygen atoms in total. The van der Waals surface area contributed by atoms with Crippen molar-refractivity contribution in [1.29, 1.82) is 0 Å². The van der Waals surface area contributed by atoms with Crippen LogP contribution in [0.25, 0.3) is 11.1 Å². The predicted octanol–water partition coefficient (Wildman–Crippen LogP) is 6.54. The largest absolute Gasteiger partial charge is 0.496 e. The van der Waals surface area contributed by atoms with Gasteiger partial charge in [-0.1, -0.05) is 35.9 Å². The second kappa shape index (κ2) is 14.5. The van der Waals surface area contributed by atoms with Crippen molar-refractivity contribution in [2.75, 3.05) is 33.8 Å². The second-order valence-electron chi connectivity index (χ2n) is 11.2. The molecule has 2 atom stereocenters. The van der Waals surface area contributed by atoms with Crippen LogP contribution >= 0.6 is 11.6 Å². The van der Waals surface area contributed by atoms with Crippen LogP contribution in [-0.2, 0) is 18.3 Å². The highest BCUT2D eigenvalue weighted by Gasteiger charge is 2.43. The summed E-state index contributed by atoms with van der Waals surface area (Å²) in [7, 11) is 3.17. The Labute approximate surface area is 265 Å². The zero-order chi connectivity index (χ0) is 32.8. The second-order valence-corrected chi connectivity index (χ2v) is 11.6. The average Bonchev–Trinajstić information content (AvgIpc) is 3.02. The van der Waals surface area contributed by atoms with Crippen LogP contribution in [0.4, 0.5) is 18.0 Å². The number of aliphatic hydroxyl groups is 1. The van der Waals surface area contributed by atoms with Crippen LogP contribution in [0, 0.1) is 5.92 Å². The number of benzene rings is 3. The maximum Gasteiger partial charge on any atom is 0.416 e. The van der Waals surface area contributed by atoms with E-state index in [1.54, 1.807) is 29.2 Å². The Morgan fingerprint density at radius 3 is 2.49 bits per heavy atom. The molecule has 3 aromatic rings. The van der Waals surface area contributed by atoms with Crippen LogP contribution in [0.15, 0.2) is 60.7 Å². The molecule has 12 heteroatoms. The van der Waals surface area contributed by atoms with E-state index in [4.69, 9.17) is 21.4 Å². The highest BCUT2D eigenvalue weighted by molar-refractivity contribution is 6.33. The van der Waals surface area contributed by atoms with E-state index in [-0.39, 0.29) is 59.3 Å². The van der Waals surface area contributed by atoms with E-state index in [0.29, 0.717) is 31.5 Å². The highest BCUT2D eigenvalue weighted by atomic mass is 35.5. The SMILES string of the molecule is CNCc1ccc(C(=O)N2CCC[C@@H]([C@@](O)(CCCNC(=O)O)c3cccc(Cl)c3-c3cc(C(F)(F)F)ccc3OC)C2)cc1. The first kappa shape index (κ1) is 34.1. The van der Waals surface area contributed by atoms with Gasteiger partial charge in [-0.25, -0.2) is 4.79 Å². The molecule has 0 saturated carbocycles. The van der Waals surface area contributed by atoms with Gasteiger partial charge < -0.3 is 30.5 Å². The van der Waals surface area contributed by atoms with E-state index in [1.165, 1.54) is 19.2 Å². The van der Waals surface area contributed by atoms with E-state index in [1.807, 2.05) is 19.2 Å². The number of halogens is 4. The molecule has 45 heavy (non-hydrogen) atoms. The van der Waals surface area contributed by atoms with Crippen molar-refractivity contribution < 1.29 is 37.7 Å². The molecule has 0 radical (unpaired) electrons. The van der Waals surface area contributed by atoms with Crippen molar-refractivity contribution >= 4 is 23.6 Å². The van der Waals surface area contributed by atoms with Gasteiger partial charge in [0.05, 0.1) is 18.3 Å². The first-order chi connectivity index (χ1) is 21.4. The van der Waals surface area contributed by atoms with Crippen molar-refractivity contribution in [2.24, 2.45) is 5.92 Å². The normalized spacial score (nSPS) is 16.6. The number of piperidine rings is 1. The van der Waals surface area contributed by atoms with Crippen LogP contribution in [0.1, 0.15) is 52.7 Å². The Balaban J connectivity index is 1.78. The minimum Gasteiger partial charge on any atom is -0.496 e. The van der Waals surface area contributed by atoms with Gasteiger partial charge in [0, 0.05) is 53.8 Å². The molecule has 242 valence electrons. The van der Waals surface area contributed by atoms with Crippen LogP contribution in [0.2, 0.25) is 5.02 Å². The lowest BCUT2D eigenvalue weighted by Gasteiger charge is -2.44. The molecule has 4 N–H and O–H groups in total. The minimum absolute atomic E-state index is 0.0365. The van der Waals surface area contributed by atoms with Crippen molar-refractivity contribution in [3.05, 3.63) is 87.9 Å². The third kappa shape index (κ3) is 7.89. The number of carbonyl (C=O) groups excluding carboxylic acids is 1. The Kier molecular flexibility index (Phi) is 11.0. The topological polar surface area (TPSA) is 111 Å². The molecule has 0 spiro atoms. The number of likely N-dealkylation sites (tertiary alicyclic amines) is 1. The molecule has 1 saturated heterocycles. The predicted molar refractivity (Wildman–Crippen MR) is 165 cm³/mol. The monoisotopic (exact) mass is 647 g/mol.